The summed E-state index contributed by atoms with van der Waals surface area (Å²) >= 11 is 0. The minimum atomic E-state index is -0.155. The zero-order valence-corrected chi connectivity index (χ0v) is 30.8. The first-order valence-corrected chi connectivity index (χ1v) is 19.5. The Morgan fingerprint density at radius 3 is 1.98 bits per heavy atom. The van der Waals surface area contributed by atoms with Gasteiger partial charge in [0.15, 0.2) is 12.3 Å². The zero-order valence-electron chi connectivity index (χ0n) is 30.8. The number of allylic oxidation sites excluding steroid dienone is 2. The molecule has 0 amide bonds. The highest BCUT2D eigenvalue weighted by atomic mass is 15.3. The average molecular weight is 723 g/mol. The number of para-hydroxylation sites is 2. The molecule has 5 heteroatoms. The molecule has 2 aliphatic heterocycles. The normalized spacial score (nSPS) is 19.8. The van der Waals surface area contributed by atoms with Gasteiger partial charge in [0.1, 0.15) is 0 Å². The van der Waals surface area contributed by atoms with Crippen LogP contribution < -0.4 is 20.5 Å². The molecule has 8 aromatic rings. The largest absolute Gasteiger partial charge is 0.333 e. The van der Waals surface area contributed by atoms with E-state index in [0.717, 1.165) is 22.6 Å². The monoisotopic (exact) mass is 722 g/mol. The van der Waals surface area contributed by atoms with Crippen LogP contribution in [0.15, 0.2) is 200 Å². The second-order valence-electron chi connectivity index (χ2n) is 14.9. The molecule has 7 aromatic carbocycles. The molecule has 0 saturated carbocycles. The first-order chi connectivity index (χ1) is 27.8. The van der Waals surface area contributed by atoms with Crippen LogP contribution >= 0.6 is 0 Å². The first kappa shape index (κ1) is 32.5. The maximum absolute atomic E-state index is 3.88. The van der Waals surface area contributed by atoms with Crippen molar-refractivity contribution in [2.75, 3.05) is 4.90 Å². The molecule has 4 atom stereocenters. The van der Waals surface area contributed by atoms with Gasteiger partial charge in [-0.1, -0.05) is 146 Å². The van der Waals surface area contributed by atoms with E-state index in [4.69, 9.17) is 0 Å². The lowest BCUT2D eigenvalue weighted by Crippen LogP contribution is -2.85. The number of hydrogen-bond acceptors (Lipinski definition) is 3. The van der Waals surface area contributed by atoms with Gasteiger partial charge >= 0.3 is 0 Å². The fourth-order valence-electron chi connectivity index (χ4n) is 9.02. The van der Waals surface area contributed by atoms with E-state index in [2.05, 4.69) is 225 Å². The summed E-state index contributed by atoms with van der Waals surface area (Å²) < 4.78 is 2.45. The van der Waals surface area contributed by atoms with Gasteiger partial charge in [0.2, 0.25) is 0 Å². The van der Waals surface area contributed by atoms with E-state index in [9.17, 15) is 0 Å². The zero-order chi connectivity index (χ0) is 37.0. The van der Waals surface area contributed by atoms with Crippen LogP contribution in [0.3, 0.4) is 0 Å². The van der Waals surface area contributed by atoms with Crippen LogP contribution in [0.2, 0.25) is 0 Å². The number of hydrogen-bond donors (Lipinski definition) is 3. The van der Waals surface area contributed by atoms with Gasteiger partial charge in [-0.25, -0.2) is 5.32 Å². The number of rotatable bonds is 6. The molecule has 0 saturated heterocycles. The molecule has 3 N–H and O–H groups in total. The fourth-order valence-corrected chi connectivity index (χ4v) is 9.02. The van der Waals surface area contributed by atoms with Crippen LogP contribution in [0.5, 0.6) is 0 Å². The highest BCUT2D eigenvalue weighted by molar-refractivity contribution is 6.11. The Hall–Kier alpha value is -6.95. The van der Waals surface area contributed by atoms with Crippen LogP contribution in [-0.2, 0) is 0 Å². The molecule has 56 heavy (non-hydrogen) atoms. The van der Waals surface area contributed by atoms with Gasteiger partial charge in [0.25, 0.3) is 5.84 Å². The van der Waals surface area contributed by atoms with Crippen molar-refractivity contribution in [2.24, 2.45) is 0 Å². The van der Waals surface area contributed by atoms with Gasteiger partial charge in [0, 0.05) is 44.9 Å². The fraction of sp³-hybridized carbons (Fsp3) is 0.0784. The van der Waals surface area contributed by atoms with E-state index in [-0.39, 0.29) is 18.4 Å². The van der Waals surface area contributed by atoms with Gasteiger partial charge in [-0.2, -0.15) is 0 Å². The van der Waals surface area contributed by atoms with Crippen molar-refractivity contribution < 1.29 is 4.99 Å². The van der Waals surface area contributed by atoms with Gasteiger partial charge in [-0.3, -0.25) is 10.3 Å². The Balaban J connectivity index is 1.03. The van der Waals surface area contributed by atoms with Crippen molar-refractivity contribution in [3.8, 4) is 16.8 Å². The van der Waals surface area contributed by atoms with E-state index in [1.165, 1.54) is 55.4 Å². The molecule has 5 nitrogen and oxygen atoms in total. The Labute approximate surface area is 326 Å². The highest BCUT2D eigenvalue weighted by Crippen LogP contribution is 2.50. The van der Waals surface area contributed by atoms with Crippen molar-refractivity contribution in [3.05, 3.63) is 222 Å². The van der Waals surface area contributed by atoms with E-state index >= 15 is 0 Å². The van der Waals surface area contributed by atoms with Gasteiger partial charge in [-0.05, 0) is 71.3 Å². The van der Waals surface area contributed by atoms with Crippen LogP contribution in [0.1, 0.15) is 40.5 Å². The van der Waals surface area contributed by atoms with Crippen molar-refractivity contribution in [1.82, 2.24) is 15.2 Å². The third-order valence-corrected chi connectivity index (χ3v) is 11.7. The summed E-state index contributed by atoms with van der Waals surface area (Å²) in [6.07, 6.45) is 8.86. The van der Waals surface area contributed by atoms with Crippen LogP contribution in [0, 0.1) is 0 Å². The molecular weight excluding hydrogens is 683 g/mol. The van der Waals surface area contributed by atoms with Crippen LogP contribution in [0.25, 0.3) is 38.6 Å². The molecule has 11 rings (SSSR count). The topological polar surface area (TPSA) is 46.2 Å². The summed E-state index contributed by atoms with van der Waals surface area (Å²) in [7, 11) is 0. The summed E-state index contributed by atoms with van der Waals surface area (Å²) in [4.78, 5) is 6.37. The predicted molar refractivity (Wildman–Crippen MR) is 229 cm³/mol. The summed E-state index contributed by atoms with van der Waals surface area (Å²) in [5, 5.41) is 10.2. The first-order valence-electron chi connectivity index (χ1n) is 19.5. The predicted octanol–water partition coefficient (Wildman–Crippen LogP) is 9.60. The minimum absolute atomic E-state index is 0.0960. The molecular formula is C51H40N5+. The maximum atomic E-state index is 3.88. The number of anilines is 2. The Morgan fingerprint density at radius 2 is 1.16 bits per heavy atom. The lowest BCUT2D eigenvalue weighted by Gasteiger charge is -2.28. The summed E-state index contributed by atoms with van der Waals surface area (Å²) in [6, 6.07) is 63.8. The van der Waals surface area contributed by atoms with E-state index in [0.29, 0.717) is 5.92 Å². The van der Waals surface area contributed by atoms with Crippen LogP contribution in [0.4, 0.5) is 11.4 Å². The lowest BCUT2D eigenvalue weighted by atomic mass is 9.90. The maximum Gasteiger partial charge on any atom is 0.278 e. The van der Waals surface area contributed by atoms with Gasteiger partial charge < -0.3 is 9.47 Å². The number of nitrogens with zero attached hydrogens (tertiary/aromatic N) is 2. The Bertz CT molecular complexity index is 2820. The number of fused-ring (bicyclic) bond motifs is 6. The average Bonchev–Trinajstić information content (AvgIpc) is 3.78. The Kier molecular flexibility index (Phi) is 7.78. The van der Waals surface area contributed by atoms with Crippen molar-refractivity contribution in [2.45, 2.75) is 24.3 Å². The second-order valence-corrected chi connectivity index (χ2v) is 14.9. The van der Waals surface area contributed by atoms with Crippen molar-refractivity contribution >= 4 is 39.0 Å². The number of nitrogens with one attached hydrogen (secondary N) is 3. The SMILES string of the molecule is C1=CC2c3cc4c5ccccc5n(-c5cccc(C6NC(c7ccccc7)NC(c7ccc(-c8ccccc8)cc7)=[NH+]6)c5)c4cc3N(c3ccccc3)C2C=C1. The molecule has 0 radical (unpaired) electrons. The third-order valence-electron chi connectivity index (χ3n) is 11.7. The smallest absolute Gasteiger partial charge is 0.278 e. The summed E-state index contributed by atoms with van der Waals surface area (Å²) in [5.41, 5.74) is 13.2. The summed E-state index contributed by atoms with van der Waals surface area (Å²) in [6.45, 7) is 0. The number of amidine groups is 1. The molecule has 1 aliphatic carbocycles. The van der Waals surface area contributed by atoms with Crippen LogP contribution in [-0.4, -0.2) is 16.4 Å². The third kappa shape index (κ3) is 5.47. The molecule has 3 heterocycles. The lowest BCUT2D eigenvalue weighted by molar-refractivity contribution is -0.527. The van der Waals surface area contributed by atoms with E-state index in [1.54, 1.807) is 0 Å². The number of benzene rings is 7. The van der Waals surface area contributed by atoms with E-state index in [1.807, 2.05) is 0 Å². The summed E-state index contributed by atoms with van der Waals surface area (Å²) in [5.74, 6) is 1.28. The molecule has 268 valence electrons. The highest BCUT2D eigenvalue weighted by Gasteiger charge is 2.38. The molecule has 0 spiro atoms. The minimum Gasteiger partial charge on any atom is -0.333 e. The van der Waals surface area contributed by atoms with Gasteiger partial charge in [0.05, 0.1) is 22.6 Å². The second kappa shape index (κ2) is 13.4. The van der Waals surface area contributed by atoms with Crippen molar-refractivity contribution in [3.63, 3.8) is 0 Å². The molecule has 1 aromatic heterocycles. The molecule has 4 unspecified atom stereocenters. The van der Waals surface area contributed by atoms with Crippen molar-refractivity contribution in [1.29, 1.82) is 0 Å². The van der Waals surface area contributed by atoms with E-state index < -0.39 is 0 Å². The number of aromatic nitrogens is 1. The standard InChI is InChI=1S/C51H39N5/c1-4-15-34(16-5-1)35-27-29-37(30-28-35)50-52-49(36-17-6-2-7-18-36)53-51(54-50)38-19-14-22-40(31-38)56-46-26-13-11-24-42(46)44-32-43-41-23-10-12-25-45(41)55(47(43)33-48(44)56)39-20-8-3-9-21-39/h1-33,41,45,49,51,53H,(H,52,54)/p+1. The molecule has 0 bridgehead atoms. The Morgan fingerprint density at radius 1 is 0.500 bits per heavy atom. The quantitative estimate of drug-likeness (QED) is 0.160. The van der Waals surface area contributed by atoms with Gasteiger partial charge in [-0.15, -0.1) is 0 Å². The molecule has 0 fully saturated rings. The molecule has 3 aliphatic rings.